The van der Waals surface area contributed by atoms with Crippen LogP contribution in [0.15, 0.2) is 11.2 Å². The molecule has 0 aliphatic rings. The third kappa shape index (κ3) is 4.10. The van der Waals surface area contributed by atoms with Crippen molar-refractivity contribution >= 4 is 29.4 Å². The largest absolute Gasteiger partial charge is 0.465 e. The first-order valence-electron chi connectivity index (χ1n) is 5.30. The summed E-state index contributed by atoms with van der Waals surface area (Å²) in [5.74, 6) is 0.307. The Morgan fingerprint density at radius 2 is 2.00 bits per heavy atom. The quantitative estimate of drug-likeness (QED) is 0.461. The summed E-state index contributed by atoms with van der Waals surface area (Å²) in [5.41, 5.74) is 11.1. The Morgan fingerprint density at radius 1 is 1.41 bits per heavy atom. The second-order valence-corrected chi connectivity index (χ2v) is 4.44. The topological polar surface area (TPSA) is 104 Å². The van der Waals surface area contributed by atoms with Gasteiger partial charge < -0.3 is 16.2 Å². The van der Waals surface area contributed by atoms with Crippen molar-refractivity contribution in [3.05, 3.63) is 6.07 Å². The lowest BCUT2D eigenvalue weighted by Crippen LogP contribution is -2.20. The second kappa shape index (κ2) is 6.29. The van der Waals surface area contributed by atoms with Gasteiger partial charge in [0.2, 0.25) is 0 Å². The van der Waals surface area contributed by atoms with Crippen LogP contribution in [0.5, 0.6) is 0 Å². The van der Waals surface area contributed by atoms with Gasteiger partial charge in [0.25, 0.3) is 0 Å². The molecule has 6 nitrogen and oxygen atoms in total. The Kier molecular flexibility index (Phi) is 5.02. The zero-order valence-corrected chi connectivity index (χ0v) is 10.7. The van der Waals surface area contributed by atoms with E-state index in [0.29, 0.717) is 29.8 Å². The zero-order chi connectivity index (χ0) is 12.8. The Balaban J connectivity index is 2.76. The number of hydrogen-bond acceptors (Lipinski definition) is 7. The number of esters is 1. The van der Waals surface area contributed by atoms with Gasteiger partial charge in [0, 0.05) is 6.07 Å². The maximum atomic E-state index is 11.6. The van der Waals surface area contributed by atoms with Gasteiger partial charge in [0.15, 0.2) is 5.16 Å². The maximum absolute atomic E-state index is 11.6. The van der Waals surface area contributed by atoms with Gasteiger partial charge in [-0.3, -0.25) is 4.79 Å². The molecule has 0 bridgehead atoms. The lowest BCUT2D eigenvalue weighted by molar-refractivity contribution is -0.142. The van der Waals surface area contributed by atoms with Crippen molar-refractivity contribution in [2.24, 2.45) is 0 Å². The molecule has 0 saturated heterocycles. The molecule has 1 heterocycles. The number of aromatic nitrogens is 2. The van der Waals surface area contributed by atoms with Gasteiger partial charge in [-0.15, -0.1) is 0 Å². The second-order valence-electron chi connectivity index (χ2n) is 3.27. The van der Waals surface area contributed by atoms with Crippen LogP contribution in [-0.4, -0.2) is 27.8 Å². The minimum absolute atomic E-state index is 0.274. The molecule has 0 aliphatic heterocycles. The van der Waals surface area contributed by atoms with E-state index in [1.165, 1.54) is 17.8 Å². The van der Waals surface area contributed by atoms with Crippen molar-refractivity contribution in [2.45, 2.75) is 30.7 Å². The highest BCUT2D eigenvalue weighted by atomic mass is 32.2. The predicted molar refractivity (Wildman–Crippen MR) is 67.4 cm³/mol. The molecule has 0 amide bonds. The van der Waals surface area contributed by atoms with Crippen molar-refractivity contribution < 1.29 is 9.53 Å². The van der Waals surface area contributed by atoms with Gasteiger partial charge >= 0.3 is 5.97 Å². The van der Waals surface area contributed by atoms with E-state index in [1.807, 2.05) is 6.92 Å². The minimum Gasteiger partial charge on any atom is -0.465 e. The summed E-state index contributed by atoms with van der Waals surface area (Å²) < 4.78 is 4.95. The zero-order valence-electron chi connectivity index (χ0n) is 9.84. The molecule has 1 aromatic heterocycles. The van der Waals surface area contributed by atoms with E-state index in [0.717, 1.165) is 0 Å². The van der Waals surface area contributed by atoms with Crippen LogP contribution in [0.4, 0.5) is 11.6 Å². The fourth-order valence-corrected chi connectivity index (χ4v) is 2.08. The molecule has 0 fully saturated rings. The number of nitrogen functional groups attached to an aromatic ring is 2. The van der Waals surface area contributed by atoms with Gasteiger partial charge in [-0.05, 0) is 13.3 Å². The fourth-order valence-electron chi connectivity index (χ4n) is 1.18. The van der Waals surface area contributed by atoms with Gasteiger partial charge in [0.05, 0.1) is 6.61 Å². The van der Waals surface area contributed by atoms with Crippen LogP contribution in [0.3, 0.4) is 0 Å². The summed E-state index contributed by atoms with van der Waals surface area (Å²) >= 11 is 1.21. The first-order valence-corrected chi connectivity index (χ1v) is 6.18. The molecule has 7 heteroatoms. The van der Waals surface area contributed by atoms with E-state index in [-0.39, 0.29) is 11.2 Å². The molecule has 0 spiro atoms. The number of carbonyl (C=O) groups is 1. The van der Waals surface area contributed by atoms with Gasteiger partial charge in [-0.2, -0.15) is 0 Å². The van der Waals surface area contributed by atoms with E-state index >= 15 is 0 Å². The number of carbonyl (C=O) groups excluding carboxylic acids is 1. The summed E-state index contributed by atoms with van der Waals surface area (Å²) in [5, 5.41) is 0.0542. The van der Waals surface area contributed by atoms with Crippen LogP contribution in [0, 0.1) is 0 Å². The van der Waals surface area contributed by atoms with Crippen molar-refractivity contribution in [1.82, 2.24) is 9.97 Å². The molecule has 1 rings (SSSR count). The molecule has 4 N–H and O–H groups in total. The van der Waals surface area contributed by atoms with E-state index in [1.54, 1.807) is 6.92 Å². The van der Waals surface area contributed by atoms with Crippen LogP contribution in [0.1, 0.15) is 20.3 Å². The molecule has 1 atom stereocenters. The van der Waals surface area contributed by atoms with Crippen LogP contribution in [0.2, 0.25) is 0 Å². The van der Waals surface area contributed by atoms with Crippen LogP contribution < -0.4 is 11.5 Å². The molecule has 17 heavy (non-hydrogen) atoms. The number of hydrogen-bond donors (Lipinski definition) is 2. The molecular weight excluding hydrogens is 240 g/mol. The minimum atomic E-state index is -0.337. The summed E-state index contributed by atoms with van der Waals surface area (Å²) in [6.07, 6.45) is 0.627. The number of anilines is 2. The fraction of sp³-hybridized carbons (Fsp3) is 0.500. The number of nitrogens with zero attached hydrogens (tertiary/aromatic N) is 2. The summed E-state index contributed by atoms with van der Waals surface area (Å²) in [6, 6.07) is 1.47. The number of ether oxygens (including phenoxy) is 1. The predicted octanol–water partition coefficient (Wildman–Crippen LogP) is 1.07. The lowest BCUT2D eigenvalue weighted by atomic mass is 10.3. The Morgan fingerprint density at radius 3 is 2.47 bits per heavy atom. The summed E-state index contributed by atoms with van der Waals surface area (Å²) in [7, 11) is 0. The average Bonchev–Trinajstić information content (AvgIpc) is 2.24. The Hall–Kier alpha value is -1.50. The number of thioether (sulfide) groups is 1. The first kappa shape index (κ1) is 13.6. The molecule has 0 aromatic carbocycles. The molecule has 0 saturated carbocycles. The van der Waals surface area contributed by atoms with E-state index < -0.39 is 0 Å². The highest BCUT2D eigenvalue weighted by molar-refractivity contribution is 8.00. The molecular formula is C10H16N4O2S. The van der Waals surface area contributed by atoms with Crippen molar-refractivity contribution in [3.8, 4) is 0 Å². The van der Waals surface area contributed by atoms with Crippen LogP contribution in [-0.2, 0) is 9.53 Å². The Bertz CT molecular complexity index is 380. The number of nitrogens with two attached hydrogens (primary N) is 2. The SMILES string of the molecule is CCOC(=O)[C@H](CC)Sc1nc(N)cc(N)n1. The van der Waals surface area contributed by atoms with E-state index in [9.17, 15) is 4.79 Å². The van der Waals surface area contributed by atoms with Crippen molar-refractivity contribution in [3.63, 3.8) is 0 Å². The van der Waals surface area contributed by atoms with Crippen molar-refractivity contribution in [1.29, 1.82) is 0 Å². The Labute approximate surface area is 104 Å². The van der Waals surface area contributed by atoms with Gasteiger partial charge in [0.1, 0.15) is 16.9 Å². The lowest BCUT2D eigenvalue weighted by Gasteiger charge is -2.12. The van der Waals surface area contributed by atoms with Crippen LogP contribution in [0.25, 0.3) is 0 Å². The summed E-state index contributed by atoms with van der Waals surface area (Å²) in [4.78, 5) is 19.6. The molecule has 0 unspecified atom stereocenters. The molecule has 94 valence electrons. The van der Waals surface area contributed by atoms with Gasteiger partial charge in [-0.1, -0.05) is 18.7 Å². The highest BCUT2D eigenvalue weighted by Gasteiger charge is 2.20. The van der Waals surface area contributed by atoms with Gasteiger partial charge in [-0.25, -0.2) is 9.97 Å². The average molecular weight is 256 g/mol. The molecule has 0 aliphatic carbocycles. The summed E-state index contributed by atoms with van der Waals surface area (Å²) in [6.45, 7) is 4.02. The van der Waals surface area contributed by atoms with Crippen LogP contribution >= 0.6 is 11.8 Å². The van der Waals surface area contributed by atoms with E-state index in [2.05, 4.69) is 9.97 Å². The maximum Gasteiger partial charge on any atom is 0.319 e. The number of rotatable bonds is 5. The third-order valence-corrected chi connectivity index (χ3v) is 3.12. The molecule has 0 radical (unpaired) electrons. The monoisotopic (exact) mass is 256 g/mol. The normalized spacial score (nSPS) is 12.1. The highest BCUT2D eigenvalue weighted by Crippen LogP contribution is 2.24. The first-order chi connectivity index (χ1) is 8.06. The van der Waals surface area contributed by atoms with E-state index in [4.69, 9.17) is 16.2 Å². The smallest absolute Gasteiger partial charge is 0.319 e. The van der Waals surface area contributed by atoms with Crippen molar-refractivity contribution in [2.75, 3.05) is 18.1 Å². The standard InChI is InChI=1S/C10H16N4O2S/c1-3-6(9(15)16-4-2)17-10-13-7(11)5-8(12)14-10/h5-6H,3-4H2,1-2H3,(H4,11,12,13,14)/t6-/m0/s1. The molecule has 1 aromatic rings. The third-order valence-electron chi connectivity index (χ3n) is 1.91.